The van der Waals surface area contributed by atoms with Crippen molar-refractivity contribution in [2.75, 3.05) is 26.3 Å². The van der Waals surface area contributed by atoms with Crippen LogP contribution in [0.15, 0.2) is 54.7 Å². The first-order valence-electron chi connectivity index (χ1n) is 8.77. The molecule has 3 heterocycles. The van der Waals surface area contributed by atoms with Gasteiger partial charge in [0.2, 0.25) is 5.88 Å². The number of likely N-dealkylation sites (tertiary alicyclic amines) is 1. The summed E-state index contributed by atoms with van der Waals surface area (Å²) < 4.78 is 11.9. The summed E-state index contributed by atoms with van der Waals surface area (Å²) >= 11 is 0. The van der Waals surface area contributed by atoms with Gasteiger partial charge in [0.1, 0.15) is 0 Å². The van der Waals surface area contributed by atoms with Gasteiger partial charge in [-0.05, 0) is 31.0 Å². The molecule has 0 unspecified atom stereocenters. The zero-order valence-corrected chi connectivity index (χ0v) is 14.1. The molecule has 0 spiro atoms. The van der Waals surface area contributed by atoms with E-state index in [1.54, 1.807) is 6.20 Å². The Kier molecular flexibility index (Phi) is 4.40. The van der Waals surface area contributed by atoms with Crippen molar-refractivity contribution in [2.45, 2.75) is 18.9 Å². The molecule has 0 bridgehead atoms. The minimum Gasteiger partial charge on any atom is -0.477 e. The first-order valence-corrected chi connectivity index (χ1v) is 8.77. The summed E-state index contributed by atoms with van der Waals surface area (Å²) in [4.78, 5) is 19.0. The number of ether oxygens (including phenoxy) is 2. The van der Waals surface area contributed by atoms with Gasteiger partial charge < -0.3 is 14.4 Å². The molecular weight excluding hydrogens is 316 g/mol. The molecule has 4 rings (SSSR count). The lowest BCUT2D eigenvalue weighted by atomic mass is 9.77. The summed E-state index contributed by atoms with van der Waals surface area (Å²) in [6.07, 6.45) is 3.63. The van der Waals surface area contributed by atoms with Crippen LogP contribution in [0, 0.1) is 5.41 Å². The number of hydrogen-bond donors (Lipinski definition) is 0. The summed E-state index contributed by atoms with van der Waals surface area (Å²) in [5, 5.41) is 0. The Labute approximate surface area is 147 Å². The van der Waals surface area contributed by atoms with Gasteiger partial charge >= 0.3 is 0 Å². The van der Waals surface area contributed by atoms with E-state index in [4.69, 9.17) is 9.47 Å². The zero-order chi connectivity index (χ0) is 17.1. The highest BCUT2D eigenvalue weighted by Gasteiger charge is 2.49. The van der Waals surface area contributed by atoms with Crippen LogP contribution in [0.4, 0.5) is 0 Å². The van der Waals surface area contributed by atoms with Crippen LogP contribution in [-0.2, 0) is 4.74 Å². The van der Waals surface area contributed by atoms with Gasteiger partial charge in [-0.25, -0.2) is 4.98 Å². The molecule has 0 N–H and O–H groups in total. The van der Waals surface area contributed by atoms with Crippen LogP contribution in [0.5, 0.6) is 5.88 Å². The second-order valence-electron chi connectivity index (χ2n) is 6.81. The van der Waals surface area contributed by atoms with Crippen LogP contribution in [0.25, 0.3) is 0 Å². The summed E-state index contributed by atoms with van der Waals surface area (Å²) in [6.45, 7) is 2.64. The van der Waals surface area contributed by atoms with Gasteiger partial charge in [0.25, 0.3) is 5.91 Å². The number of amides is 1. The number of carbonyl (C=O) groups is 1. The average molecular weight is 338 g/mol. The van der Waals surface area contributed by atoms with Gasteiger partial charge in [0.05, 0.1) is 18.1 Å². The fourth-order valence-corrected chi connectivity index (χ4v) is 3.84. The molecule has 130 valence electrons. The van der Waals surface area contributed by atoms with E-state index in [0.29, 0.717) is 19.0 Å². The fourth-order valence-electron chi connectivity index (χ4n) is 3.84. The van der Waals surface area contributed by atoms with Crippen molar-refractivity contribution in [3.63, 3.8) is 0 Å². The highest BCUT2D eigenvalue weighted by atomic mass is 16.5. The molecule has 2 aromatic rings. The lowest BCUT2D eigenvalue weighted by Gasteiger charge is -2.43. The predicted molar refractivity (Wildman–Crippen MR) is 93.5 cm³/mol. The lowest BCUT2D eigenvalue weighted by Crippen LogP contribution is -2.54. The minimum atomic E-state index is -0.153. The number of aromatic nitrogens is 1. The number of piperidine rings is 1. The Bertz CT molecular complexity index is 722. The van der Waals surface area contributed by atoms with Crippen molar-refractivity contribution in [3.8, 4) is 5.88 Å². The van der Waals surface area contributed by atoms with Crippen molar-refractivity contribution in [1.82, 2.24) is 9.88 Å². The van der Waals surface area contributed by atoms with Crippen LogP contribution in [0.2, 0.25) is 0 Å². The minimum absolute atomic E-state index is 0.0863. The fraction of sp³-hybridized carbons (Fsp3) is 0.400. The number of pyridine rings is 1. The second kappa shape index (κ2) is 6.84. The Morgan fingerprint density at radius 3 is 2.88 bits per heavy atom. The lowest BCUT2D eigenvalue weighted by molar-refractivity contribution is -0.0332. The molecule has 1 aromatic heterocycles. The van der Waals surface area contributed by atoms with E-state index in [1.165, 1.54) is 0 Å². The largest absolute Gasteiger partial charge is 0.477 e. The van der Waals surface area contributed by atoms with Gasteiger partial charge in [0, 0.05) is 37.5 Å². The summed E-state index contributed by atoms with van der Waals surface area (Å²) in [5.41, 5.74) is 0.584. The maximum atomic E-state index is 12.8. The molecule has 2 saturated heterocycles. The molecule has 2 fully saturated rings. The molecule has 1 amide bonds. The third-order valence-corrected chi connectivity index (χ3v) is 5.22. The van der Waals surface area contributed by atoms with E-state index in [0.717, 1.165) is 31.6 Å². The molecule has 5 heteroatoms. The summed E-state index contributed by atoms with van der Waals surface area (Å²) in [5.74, 6) is 0.706. The van der Waals surface area contributed by atoms with Gasteiger partial charge in [0.15, 0.2) is 0 Å². The highest BCUT2D eigenvalue weighted by molar-refractivity contribution is 5.94. The van der Waals surface area contributed by atoms with Crippen molar-refractivity contribution in [1.29, 1.82) is 0 Å². The number of nitrogens with zero attached hydrogens (tertiary/aromatic N) is 2. The van der Waals surface area contributed by atoms with E-state index >= 15 is 0 Å². The molecule has 0 saturated carbocycles. The van der Waals surface area contributed by atoms with E-state index in [9.17, 15) is 4.79 Å². The van der Waals surface area contributed by atoms with E-state index in [-0.39, 0.29) is 17.4 Å². The summed E-state index contributed by atoms with van der Waals surface area (Å²) in [7, 11) is 0. The average Bonchev–Trinajstić information content (AvgIpc) is 3.11. The van der Waals surface area contributed by atoms with Crippen LogP contribution in [-0.4, -0.2) is 48.2 Å². The van der Waals surface area contributed by atoms with E-state index in [1.807, 2.05) is 53.4 Å². The molecule has 5 nitrogen and oxygen atoms in total. The normalized spacial score (nSPS) is 25.4. The quantitative estimate of drug-likeness (QED) is 0.860. The maximum absolute atomic E-state index is 12.8. The Morgan fingerprint density at radius 2 is 2.08 bits per heavy atom. The number of rotatable bonds is 4. The standard InChI is InChI=1S/C20H22N2O3/c23-19(16-6-2-1-3-7-16)22-12-9-17-20(14-22,10-13-24-17)15-25-18-8-4-5-11-21-18/h1-8,11,17H,9-10,12-15H2/t17-,20+/m0/s1. The van der Waals surface area contributed by atoms with E-state index in [2.05, 4.69) is 4.98 Å². The maximum Gasteiger partial charge on any atom is 0.253 e. The topological polar surface area (TPSA) is 51.7 Å². The van der Waals surface area contributed by atoms with E-state index < -0.39 is 0 Å². The van der Waals surface area contributed by atoms with Crippen molar-refractivity contribution in [3.05, 3.63) is 60.3 Å². The number of hydrogen-bond acceptors (Lipinski definition) is 4. The molecule has 2 aliphatic rings. The second-order valence-corrected chi connectivity index (χ2v) is 6.81. The number of benzene rings is 1. The molecule has 0 radical (unpaired) electrons. The number of fused-ring (bicyclic) bond motifs is 1. The molecule has 2 atom stereocenters. The van der Waals surface area contributed by atoms with Gasteiger partial charge in [-0.3, -0.25) is 4.79 Å². The first-order chi connectivity index (χ1) is 12.3. The first kappa shape index (κ1) is 16.1. The molecule has 25 heavy (non-hydrogen) atoms. The van der Waals surface area contributed by atoms with Gasteiger partial charge in [-0.2, -0.15) is 0 Å². The smallest absolute Gasteiger partial charge is 0.253 e. The van der Waals surface area contributed by atoms with Gasteiger partial charge in [-0.15, -0.1) is 0 Å². The van der Waals surface area contributed by atoms with Crippen LogP contribution in [0.3, 0.4) is 0 Å². The van der Waals surface area contributed by atoms with Crippen molar-refractivity contribution < 1.29 is 14.3 Å². The monoisotopic (exact) mass is 338 g/mol. The van der Waals surface area contributed by atoms with Crippen LogP contribution < -0.4 is 4.74 Å². The number of carbonyl (C=O) groups excluding carboxylic acids is 1. The molecule has 2 aliphatic heterocycles. The Balaban J connectivity index is 1.50. The highest BCUT2D eigenvalue weighted by Crippen LogP contribution is 2.41. The SMILES string of the molecule is O=C(c1ccccc1)N1CC[C@@H]2OCC[C@]2(COc2ccccn2)C1. The summed E-state index contributed by atoms with van der Waals surface area (Å²) in [6, 6.07) is 15.1. The Hall–Kier alpha value is -2.40. The zero-order valence-electron chi connectivity index (χ0n) is 14.1. The van der Waals surface area contributed by atoms with Crippen LogP contribution >= 0.6 is 0 Å². The third-order valence-electron chi connectivity index (χ3n) is 5.22. The predicted octanol–water partition coefficient (Wildman–Crippen LogP) is 2.78. The molecule has 1 aromatic carbocycles. The molecule has 0 aliphatic carbocycles. The van der Waals surface area contributed by atoms with Crippen LogP contribution in [0.1, 0.15) is 23.2 Å². The van der Waals surface area contributed by atoms with Gasteiger partial charge in [-0.1, -0.05) is 24.3 Å². The van der Waals surface area contributed by atoms with Crippen molar-refractivity contribution in [2.24, 2.45) is 5.41 Å². The Morgan fingerprint density at radius 1 is 1.24 bits per heavy atom. The molecular formula is C20H22N2O3. The third kappa shape index (κ3) is 3.24. The van der Waals surface area contributed by atoms with Crippen molar-refractivity contribution >= 4 is 5.91 Å².